The second-order valence-electron chi connectivity index (χ2n) is 4.81. The first-order valence-electron chi connectivity index (χ1n) is 6.63. The number of hydrogen-bond donors (Lipinski definition) is 2. The van der Waals surface area contributed by atoms with E-state index in [1.54, 1.807) is 11.9 Å². The summed E-state index contributed by atoms with van der Waals surface area (Å²) in [6.45, 7) is 1.24. The molecule has 0 spiro atoms. The molecule has 0 bridgehead atoms. The zero-order valence-electron chi connectivity index (χ0n) is 11.4. The maximum Gasteiger partial charge on any atom is 0.321 e. The van der Waals surface area contributed by atoms with Crippen molar-refractivity contribution in [3.63, 3.8) is 0 Å². The number of nitrogens with zero attached hydrogens (tertiary/aromatic N) is 1. The number of urea groups is 1. The van der Waals surface area contributed by atoms with Gasteiger partial charge in [-0.2, -0.15) is 0 Å². The molecule has 0 aliphatic carbocycles. The van der Waals surface area contributed by atoms with Crippen molar-refractivity contribution in [2.45, 2.75) is 12.8 Å². The average molecular weight is 387 g/mol. The predicted octanol–water partition coefficient (Wildman–Crippen LogP) is 2.28. The lowest BCUT2D eigenvalue weighted by Gasteiger charge is -2.31. The predicted molar refractivity (Wildman–Crippen MR) is 86.5 cm³/mol. The summed E-state index contributed by atoms with van der Waals surface area (Å²) < 4.78 is 1.13. The number of amides is 3. The quantitative estimate of drug-likeness (QED) is 0.765. The van der Waals surface area contributed by atoms with Gasteiger partial charge in [-0.25, -0.2) is 4.79 Å². The minimum atomic E-state index is -0.0958. The molecule has 3 amide bonds. The third-order valence-corrected chi connectivity index (χ3v) is 4.21. The number of halogens is 1. The van der Waals surface area contributed by atoms with Crippen molar-refractivity contribution in [1.82, 2.24) is 10.2 Å². The summed E-state index contributed by atoms with van der Waals surface area (Å²) in [4.78, 5) is 25.4. The van der Waals surface area contributed by atoms with Crippen LogP contribution >= 0.6 is 22.6 Å². The largest absolute Gasteiger partial charge is 0.359 e. The molecule has 108 valence electrons. The molecule has 1 aromatic carbocycles. The van der Waals surface area contributed by atoms with Crippen molar-refractivity contribution in [2.24, 2.45) is 5.92 Å². The van der Waals surface area contributed by atoms with Crippen LogP contribution in [0.2, 0.25) is 0 Å². The summed E-state index contributed by atoms with van der Waals surface area (Å²) in [7, 11) is 1.65. The molecule has 0 aromatic heterocycles. The van der Waals surface area contributed by atoms with Crippen LogP contribution in [0.4, 0.5) is 10.5 Å². The van der Waals surface area contributed by atoms with E-state index in [0.29, 0.717) is 13.1 Å². The highest BCUT2D eigenvalue weighted by molar-refractivity contribution is 14.1. The van der Waals surface area contributed by atoms with E-state index in [1.807, 2.05) is 24.3 Å². The number of likely N-dealkylation sites (tertiary alicyclic amines) is 1. The number of nitrogens with one attached hydrogen (secondary N) is 2. The van der Waals surface area contributed by atoms with Gasteiger partial charge in [-0.15, -0.1) is 0 Å². The number of hydrogen-bond acceptors (Lipinski definition) is 2. The Morgan fingerprint density at radius 3 is 2.35 bits per heavy atom. The SMILES string of the molecule is CNC(=O)C1CCN(C(=O)Nc2ccc(I)cc2)CC1. The molecule has 0 saturated carbocycles. The number of piperidine rings is 1. The highest BCUT2D eigenvalue weighted by Gasteiger charge is 2.26. The molecular formula is C14H18IN3O2. The Kier molecular flexibility index (Phi) is 5.22. The van der Waals surface area contributed by atoms with Crippen molar-refractivity contribution in [3.8, 4) is 0 Å². The van der Waals surface area contributed by atoms with E-state index >= 15 is 0 Å². The van der Waals surface area contributed by atoms with Crippen LogP contribution in [0, 0.1) is 9.49 Å². The lowest BCUT2D eigenvalue weighted by molar-refractivity contribution is -0.125. The van der Waals surface area contributed by atoms with E-state index in [9.17, 15) is 9.59 Å². The molecule has 6 heteroatoms. The first-order valence-corrected chi connectivity index (χ1v) is 7.71. The maximum absolute atomic E-state index is 12.1. The van der Waals surface area contributed by atoms with Gasteiger partial charge in [-0.1, -0.05) is 0 Å². The molecule has 5 nitrogen and oxygen atoms in total. The van der Waals surface area contributed by atoms with Crippen molar-refractivity contribution in [2.75, 3.05) is 25.5 Å². The number of carbonyl (C=O) groups excluding carboxylic acids is 2. The van der Waals surface area contributed by atoms with Crippen molar-refractivity contribution in [3.05, 3.63) is 27.8 Å². The van der Waals surface area contributed by atoms with Gasteiger partial charge in [0.15, 0.2) is 0 Å². The first kappa shape index (κ1) is 15.1. The van der Waals surface area contributed by atoms with Gasteiger partial charge in [-0.3, -0.25) is 4.79 Å². The molecule has 1 saturated heterocycles. The Hall–Kier alpha value is -1.31. The lowest BCUT2D eigenvalue weighted by atomic mass is 9.96. The van der Waals surface area contributed by atoms with E-state index in [0.717, 1.165) is 22.1 Å². The summed E-state index contributed by atoms with van der Waals surface area (Å²) in [5.74, 6) is 0.102. The van der Waals surface area contributed by atoms with Crippen LogP contribution < -0.4 is 10.6 Å². The van der Waals surface area contributed by atoms with E-state index in [2.05, 4.69) is 33.2 Å². The molecule has 1 heterocycles. The minimum absolute atomic E-state index is 0.0300. The Labute approximate surface area is 132 Å². The van der Waals surface area contributed by atoms with Gasteiger partial charge in [0.25, 0.3) is 0 Å². The van der Waals surface area contributed by atoms with Gasteiger partial charge in [0.1, 0.15) is 0 Å². The monoisotopic (exact) mass is 387 g/mol. The molecule has 1 aliphatic heterocycles. The zero-order chi connectivity index (χ0) is 14.5. The highest BCUT2D eigenvalue weighted by Crippen LogP contribution is 2.18. The minimum Gasteiger partial charge on any atom is -0.359 e. The van der Waals surface area contributed by atoms with Gasteiger partial charge < -0.3 is 15.5 Å². The van der Waals surface area contributed by atoms with Gasteiger partial charge in [-0.05, 0) is 59.7 Å². The van der Waals surface area contributed by atoms with E-state index < -0.39 is 0 Å². The Balaban J connectivity index is 1.85. The molecule has 0 atom stereocenters. The van der Waals surface area contributed by atoms with E-state index in [4.69, 9.17) is 0 Å². The third-order valence-electron chi connectivity index (χ3n) is 3.49. The smallest absolute Gasteiger partial charge is 0.321 e. The molecular weight excluding hydrogens is 369 g/mol. The van der Waals surface area contributed by atoms with Crippen molar-refractivity contribution < 1.29 is 9.59 Å². The summed E-state index contributed by atoms with van der Waals surface area (Å²) in [5.41, 5.74) is 0.795. The maximum atomic E-state index is 12.1. The molecule has 20 heavy (non-hydrogen) atoms. The third kappa shape index (κ3) is 3.84. The number of anilines is 1. The van der Waals surface area contributed by atoms with Gasteiger partial charge in [0, 0.05) is 35.3 Å². The van der Waals surface area contributed by atoms with Gasteiger partial charge in [0.05, 0.1) is 0 Å². The van der Waals surface area contributed by atoms with Crippen LogP contribution in [-0.4, -0.2) is 37.0 Å². The fourth-order valence-electron chi connectivity index (χ4n) is 2.28. The number of carbonyl (C=O) groups is 2. The molecule has 1 aliphatic rings. The lowest BCUT2D eigenvalue weighted by Crippen LogP contribution is -2.44. The normalized spacial score (nSPS) is 15.8. The summed E-state index contributed by atoms with van der Waals surface area (Å²) >= 11 is 2.22. The summed E-state index contributed by atoms with van der Waals surface area (Å²) in [6.07, 6.45) is 1.44. The second kappa shape index (κ2) is 6.92. The summed E-state index contributed by atoms with van der Waals surface area (Å²) in [6, 6.07) is 7.58. The Bertz CT molecular complexity index is 482. The van der Waals surface area contributed by atoms with E-state index in [1.165, 1.54) is 0 Å². The van der Waals surface area contributed by atoms with Crippen LogP contribution in [0.1, 0.15) is 12.8 Å². The number of benzene rings is 1. The summed E-state index contributed by atoms with van der Waals surface area (Å²) in [5, 5.41) is 5.55. The van der Waals surface area contributed by atoms with Crippen LogP contribution in [0.15, 0.2) is 24.3 Å². The Morgan fingerprint density at radius 2 is 1.80 bits per heavy atom. The van der Waals surface area contributed by atoms with Crippen molar-refractivity contribution in [1.29, 1.82) is 0 Å². The fourth-order valence-corrected chi connectivity index (χ4v) is 2.64. The number of rotatable bonds is 2. The second-order valence-corrected chi connectivity index (χ2v) is 6.06. The molecule has 0 unspecified atom stereocenters. The molecule has 1 fully saturated rings. The topological polar surface area (TPSA) is 61.4 Å². The van der Waals surface area contributed by atoms with Crippen molar-refractivity contribution >= 4 is 40.2 Å². The first-order chi connectivity index (χ1) is 9.60. The van der Waals surface area contributed by atoms with Gasteiger partial charge >= 0.3 is 6.03 Å². The molecule has 0 radical (unpaired) electrons. The molecule has 1 aromatic rings. The highest BCUT2D eigenvalue weighted by atomic mass is 127. The standard InChI is InChI=1S/C14H18IN3O2/c1-16-13(19)10-6-8-18(9-7-10)14(20)17-12-4-2-11(15)3-5-12/h2-5,10H,6-9H2,1H3,(H,16,19)(H,17,20). The Morgan fingerprint density at radius 1 is 1.20 bits per heavy atom. The van der Waals surface area contributed by atoms with E-state index in [-0.39, 0.29) is 17.9 Å². The average Bonchev–Trinajstić information content (AvgIpc) is 2.49. The van der Waals surface area contributed by atoms with Gasteiger partial charge in [0.2, 0.25) is 5.91 Å². The fraction of sp³-hybridized carbons (Fsp3) is 0.429. The van der Waals surface area contributed by atoms with Crippen LogP contribution in [-0.2, 0) is 4.79 Å². The molecule has 2 N–H and O–H groups in total. The van der Waals surface area contributed by atoms with Crippen LogP contribution in [0.25, 0.3) is 0 Å². The zero-order valence-corrected chi connectivity index (χ0v) is 13.5. The van der Waals surface area contributed by atoms with Crippen LogP contribution in [0.5, 0.6) is 0 Å². The van der Waals surface area contributed by atoms with Crippen LogP contribution in [0.3, 0.4) is 0 Å². The molecule has 2 rings (SSSR count).